The molecule has 1 fully saturated rings. The number of rotatable bonds is 7. The van der Waals surface area contributed by atoms with Gasteiger partial charge in [-0.1, -0.05) is 17.3 Å². The van der Waals surface area contributed by atoms with E-state index in [1.165, 1.54) is 41.6 Å². The molecule has 1 aromatic heterocycles. The highest BCUT2D eigenvalue weighted by atomic mass is 32.2. The molecular formula is C25H24F3N3O4S. The fourth-order valence-corrected chi connectivity index (χ4v) is 5.74. The van der Waals surface area contributed by atoms with Crippen molar-refractivity contribution in [1.82, 2.24) is 14.8 Å². The highest BCUT2D eigenvalue weighted by molar-refractivity contribution is 7.89. The third-order valence-corrected chi connectivity index (χ3v) is 8.07. The quantitative estimate of drug-likeness (QED) is 0.503. The Kier molecular flexibility index (Phi) is 7.60. The third kappa shape index (κ3) is 5.68. The van der Waals surface area contributed by atoms with E-state index in [1.54, 1.807) is 12.1 Å². The van der Waals surface area contributed by atoms with Gasteiger partial charge >= 0.3 is 0 Å². The van der Waals surface area contributed by atoms with E-state index in [0.29, 0.717) is 12.8 Å². The van der Waals surface area contributed by atoms with Crippen LogP contribution in [0.1, 0.15) is 35.4 Å². The molecule has 2 aromatic carbocycles. The maximum Gasteiger partial charge on any atom is 0.248 e. The van der Waals surface area contributed by atoms with Gasteiger partial charge in [0.1, 0.15) is 23.1 Å². The lowest BCUT2D eigenvalue weighted by molar-refractivity contribution is -0.126. The molecule has 1 aliphatic heterocycles. The number of halogens is 3. The van der Waals surface area contributed by atoms with E-state index in [-0.39, 0.29) is 59.2 Å². The summed E-state index contributed by atoms with van der Waals surface area (Å²) in [6, 6.07) is 8.85. The molecular weight excluding hydrogens is 495 g/mol. The lowest BCUT2D eigenvalue weighted by Gasteiger charge is -2.30. The fraction of sp³-hybridized carbons (Fsp3) is 0.280. The van der Waals surface area contributed by atoms with E-state index >= 15 is 0 Å². The van der Waals surface area contributed by atoms with Crippen LogP contribution >= 0.6 is 0 Å². The minimum atomic E-state index is -4.00. The minimum Gasteiger partial charge on any atom is -0.355 e. The maximum atomic E-state index is 13.9. The molecule has 4 rings (SSSR count). The monoisotopic (exact) mass is 519 g/mol. The summed E-state index contributed by atoms with van der Waals surface area (Å²) in [5.41, 5.74) is 0.962. The van der Waals surface area contributed by atoms with Crippen LogP contribution in [-0.2, 0) is 21.4 Å². The molecule has 1 aliphatic rings. The Morgan fingerprint density at radius 3 is 2.42 bits per heavy atom. The van der Waals surface area contributed by atoms with Crippen molar-refractivity contribution in [3.05, 3.63) is 82.5 Å². The molecule has 1 N–H and O–H groups in total. The van der Waals surface area contributed by atoms with Gasteiger partial charge in [-0.2, -0.15) is 4.31 Å². The van der Waals surface area contributed by atoms with Crippen LogP contribution in [0.4, 0.5) is 13.2 Å². The summed E-state index contributed by atoms with van der Waals surface area (Å²) in [5.74, 6) is -2.51. The van der Waals surface area contributed by atoms with Crippen molar-refractivity contribution in [3.8, 4) is 0 Å². The van der Waals surface area contributed by atoms with E-state index < -0.39 is 21.7 Å². The number of aromatic nitrogens is 1. The van der Waals surface area contributed by atoms with Gasteiger partial charge < -0.3 is 9.84 Å². The first-order valence-corrected chi connectivity index (χ1v) is 12.7. The molecule has 0 bridgehead atoms. The predicted octanol–water partition coefficient (Wildman–Crippen LogP) is 4.29. The van der Waals surface area contributed by atoms with Crippen molar-refractivity contribution >= 4 is 28.1 Å². The van der Waals surface area contributed by atoms with Gasteiger partial charge in [0.15, 0.2) is 10.7 Å². The Bertz CT molecular complexity index is 1380. The standard InChI is InChI=1S/C25H24F3N3O4S/c1-16-24(23(35-30-16)9-5-18-4-8-21(27)14-22(18)28)36(33,34)31-12-10-19(11-13-31)25(32)29-15-17-2-6-20(26)7-3-17/h2-9,14,19H,10-13,15H2,1H3,(H,29,32). The molecule has 7 nitrogen and oxygen atoms in total. The number of carbonyl (C=O) groups is 1. The first kappa shape index (κ1) is 25.6. The minimum absolute atomic E-state index is 0.0567. The summed E-state index contributed by atoms with van der Waals surface area (Å²) in [6.07, 6.45) is 3.21. The number of benzene rings is 2. The van der Waals surface area contributed by atoms with Gasteiger partial charge in [0.05, 0.1) is 0 Å². The fourth-order valence-electron chi connectivity index (χ4n) is 4.02. The van der Waals surface area contributed by atoms with E-state index in [4.69, 9.17) is 4.52 Å². The van der Waals surface area contributed by atoms with Crippen molar-refractivity contribution in [2.75, 3.05) is 13.1 Å². The Morgan fingerprint density at radius 1 is 1.08 bits per heavy atom. The number of carbonyl (C=O) groups excluding carboxylic acids is 1. The second-order valence-corrected chi connectivity index (χ2v) is 10.4. The van der Waals surface area contributed by atoms with E-state index in [2.05, 4.69) is 10.5 Å². The lowest BCUT2D eigenvalue weighted by Crippen LogP contribution is -2.43. The van der Waals surface area contributed by atoms with Crippen molar-refractivity contribution in [2.24, 2.45) is 5.92 Å². The van der Waals surface area contributed by atoms with Gasteiger partial charge in [-0.3, -0.25) is 4.79 Å². The number of nitrogens with one attached hydrogen (secondary N) is 1. The second kappa shape index (κ2) is 10.7. The van der Waals surface area contributed by atoms with Gasteiger partial charge in [-0.05, 0) is 61.7 Å². The summed E-state index contributed by atoms with van der Waals surface area (Å²) in [4.78, 5) is 12.4. The van der Waals surface area contributed by atoms with Crippen LogP contribution in [0.15, 0.2) is 51.9 Å². The largest absolute Gasteiger partial charge is 0.355 e. The lowest BCUT2D eigenvalue weighted by atomic mass is 9.97. The molecule has 0 radical (unpaired) electrons. The summed E-state index contributed by atoms with van der Waals surface area (Å²) >= 11 is 0. The Labute approximate surface area is 206 Å². The van der Waals surface area contributed by atoms with Crippen LogP contribution in [0, 0.1) is 30.3 Å². The van der Waals surface area contributed by atoms with Gasteiger partial charge in [-0.25, -0.2) is 21.6 Å². The predicted molar refractivity (Wildman–Crippen MR) is 126 cm³/mol. The first-order chi connectivity index (χ1) is 17.1. The van der Waals surface area contributed by atoms with Gasteiger partial charge in [0, 0.05) is 37.2 Å². The average molecular weight is 520 g/mol. The third-order valence-electron chi connectivity index (χ3n) is 6.01. The number of piperidine rings is 1. The van der Waals surface area contributed by atoms with Gasteiger partial charge in [0.2, 0.25) is 15.9 Å². The van der Waals surface area contributed by atoms with E-state index in [9.17, 15) is 26.4 Å². The topological polar surface area (TPSA) is 92.5 Å². The number of amides is 1. The molecule has 0 atom stereocenters. The molecule has 2 heterocycles. The number of sulfonamides is 1. The summed E-state index contributed by atoms with van der Waals surface area (Å²) < 4.78 is 73.3. The first-order valence-electron chi connectivity index (χ1n) is 11.3. The highest BCUT2D eigenvalue weighted by Gasteiger charge is 2.35. The van der Waals surface area contributed by atoms with Crippen LogP contribution < -0.4 is 5.32 Å². The summed E-state index contributed by atoms with van der Waals surface area (Å²) in [5, 5.41) is 6.57. The maximum absolute atomic E-state index is 13.9. The number of hydrogen-bond donors (Lipinski definition) is 1. The Hall–Kier alpha value is -3.44. The molecule has 1 amide bonds. The number of nitrogens with zero attached hydrogens (tertiary/aromatic N) is 2. The van der Waals surface area contributed by atoms with Crippen molar-refractivity contribution in [1.29, 1.82) is 0 Å². The smallest absolute Gasteiger partial charge is 0.248 e. The van der Waals surface area contributed by atoms with E-state index in [1.807, 2.05) is 0 Å². The van der Waals surface area contributed by atoms with Gasteiger partial charge in [0.25, 0.3) is 0 Å². The molecule has 1 saturated heterocycles. The van der Waals surface area contributed by atoms with Crippen molar-refractivity contribution < 1.29 is 30.9 Å². The molecule has 0 spiro atoms. The zero-order valence-electron chi connectivity index (χ0n) is 19.4. The Balaban J connectivity index is 1.41. The molecule has 0 unspecified atom stereocenters. The molecule has 0 aliphatic carbocycles. The van der Waals surface area contributed by atoms with Crippen LogP contribution in [0.2, 0.25) is 0 Å². The summed E-state index contributed by atoms with van der Waals surface area (Å²) in [6.45, 7) is 1.98. The van der Waals surface area contributed by atoms with E-state index in [0.717, 1.165) is 17.7 Å². The second-order valence-electron chi connectivity index (χ2n) is 8.48. The SMILES string of the molecule is Cc1noc(C=Cc2ccc(F)cc2F)c1S(=O)(=O)N1CCC(C(=O)NCc2ccc(F)cc2)CC1. The van der Waals surface area contributed by atoms with Crippen LogP contribution in [-0.4, -0.2) is 36.9 Å². The molecule has 0 saturated carbocycles. The molecule has 190 valence electrons. The normalized spacial score (nSPS) is 15.4. The van der Waals surface area contributed by atoms with Crippen LogP contribution in [0.25, 0.3) is 12.2 Å². The van der Waals surface area contributed by atoms with Crippen LogP contribution in [0.3, 0.4) is 0 Å². The Morgan fingerprint density at radius 2 is 1.75 bits per heavy atom. The number of aryl methyl sites for hydroxylation is 1. The zero-order valence-corrected chi connectivity index (χ0v) is 20.2. The molecule has 3 aromatic rings. The van der Waals surface area contributed by atoms with Crippen LogP contribution in [0.5, 0.6) is 0 Å². The zero-order chi connectivity index (χ0) is 25.9. The van der Waals surface area contributed by atoms with Crippen molar-refractivity contribution in [3.63, 3.8) is 0 Å². The van der Waals surface area contributed by atoms with Gasteiger partial charge in [-0.15, -0.1) is 0 Å². The highest BCUT2D eigenvalue weighted by Crippen LogP contribution is 2.29. The number of hydrogen-bond acceptors (Lipinski definition) is 5. The average Bonchev–Trinajstić information content (AvgIpc) is 3.24. The summed E-state index contributed by atoms with van der Waals surface area (Å²) in [7, 11) is -4.00. The van der Waals surface area contributed by atoms with Crippen molar-refractivity contribution in [2.45, 2.75) is 31.2 Å². The molecule has 36 heavy (non-hydrogen) atoms. The molecule has 11 heteroatoms.